The first-order chi connectivity index (χ1) is 28.8. The summed E-state index contributed by atoms with van der Waals surface area (Å²) in [6.45, 7) is 4.57. The molecular weight excluding hydrogens is 741 g/mol. The van der Waals surface area contributed by atoms with E-state index in [-0.39, 0.29) is 11.8 Å². The van der Waals surface area contributed by atoms with E-state index in [1.54, 1.807) is 12.1 Å². The average Bonchev–Trinajstić information content (AvgIpc) is 3.26. The lowest BCUT2D eigenvalue weighted by Gasteiger charge is -2.43. The Morgan fingerprint density at radius 2 is 0.729 bits per heavy atom. The predicted molar refractivity (Wildman–Crippen MR) is 237 cm³/mol. The highest BCUT2D eigenvalue weighted by molar-refractivity contribution is 5.24. The monoisotopic (exact) mass is 823 g/mol. The summed E-state index contributed by atoms with van der Waals surface area (Å²) in [5, 5.41) is 0. The van der Waals surface area contributed by atoms with E-state index in [2.05, 4.69) is 13.8 Å². The molecule has 59 heavy (non-hydrogen) atoms. The molecule has 0 N–H and O–H groups in total. The molecule has 332 valence electrons. The summed E-state index contributed by atoms with van der Waals surface area (Å²) in [6, 6.07) is 8.52. The van der Waals surface area contributed by atoms with Gasteiger partial charge in [-0.1, -0.05) is 142 Å². The SMILES string of the molecule is CCCCCCCC[C@H]1CC[C@H]([C@H]2CC[C@H](C(OC(c3ccc(F)c(F)c3)[C@H]3CC[C@H]([C@H]4CC[C@H](CCCCCCCC)CC4)CC3)c3ccc(F)c(F)c3)CC2)CC1. The minimum Gasteiger partial charge on any atom is -0.365 e. The Morgan fingerprint density at radius 3 is 1.07 bits per heavy atom. The summed E-state index contributed by atoms with van der Waals surface area (Å²) in [6.07, 6.45) is 37.9. The first-order valence-corrected chi connectivity index (χ1v) is 25.4. The Hall–Kier alpha value is -1.88. The van der Waals surface area contributed by atoms with E-state index in [1.807, 2.05) is 0 Å². The minimum absolute atomic E-state index is 0.163. The molecule has 5 heteroatoms. The van der Waals surface area contributed by atoms with Crippen molar-refractivity contribution in [2.45, 2.75) is 219 Å². The van der Waals surface area contributed by atoms with Gasteiger partial charge in [0, 0.05) is 0 Å². The van der Waals surface area contributed by atoms with E-state index in [1.165, 1.54) is 166 Å². The summed E-state index contributed by atoms with van der Waals surface area (Å²) in [5.41, 5.74) is 1.34. The maximum atomic E-state index is 14.9. The summed E-state index contributed by atoms with van der Waals surface area (Å²) in [5.74, 6) is 1.74. The van der Waals surface area contributed by atoms with Gasteiger partial charge in [0.05, 0.1) is 12.2 Å². The fraction of sp³-hybridized carbons (Fsp3) is 0.778. The third kappa shape index (κ3) is 14.1. The van der Waals surface area contributed by atoms with E-state index in [0.29, 0.717) is 11.1 Å². The molecular formula is C54H82F4O. The van der Waals surface area contributed by atoms with Gasteiger partial charge >= 0.3 is 0 Å². The quantitative estimate of drug-likeness (QED) is 0.0849. The van der Waals surface area contributed by atoms with Crippen LogP contribution in [0, 0.1) is 70.6 Å². The molecule has 2 unspecified atom stereocenters. The van der Waals surface area contributed by atoms with Gasteiger partial charge in [0.15, 0.2) is 23.3 Å². The highest BCUT2D eigenvalue weighted by atomic mass is 19.2. The van der Waals surface area contributed by atoms with Crippen LogP contribution in [0.1, 0.15) is 230 Å². The summed E-state index contributed by atoms with van der Waals surface area (Å²) in [7, 11) is 0. The summed E-state index contributed by atoms with van der Waals surface area (Å²) in [4.78, 5) is 0. The Labute approximate surface area is 358 Å². The van der Waals surface area contributed by atoms with Crippen LogP contribution in [0.3, 0.4) is 0 Å². The molecule has 2 atom stereocenters. The lowest BCUT2D eigenvalue weighted by atomic mass is 9.67. The van der Waals surface area contributed by atoms with Crippen LogP contribution in [0.15, 0.2) is 36.4 Å². The molecule has 6 rings (SSSR count). The second-order valence-electron chi connectivity index (χ2n) is 20.3. The van der Waals surface area contributed by atoms with Crippen LogP contribution >= 0.6 is 0 Å². The number of rotatable bonds is 22. The summed E-state index contributed by atoms with van der Waals surface area (Å²) < 4.78 is 65.8. The number of hydrogen-bond acceptors (Lipinski definition) is 1. The van der Waals surface area contributed by atoms with Crippen LogP contribution in [-0.2, 0) is 4.74 Å². The van der Waals surface area contributed by atoms with E-state index in [0.717, 1.165) is 86.9 Å². The van der Waals surface area contributed by atoms with Gasteiger partial charge in [-0.3, -0.25) is 0 Å². The van der Waals surface area contributed by atoms with Crippen molar-refractivity contribution in [1.29, 1.82) is 0 Å². The minimum atomic E-state index is -0.853. The van der Waals surface area contributed by atoms with E-state index < -0.39 is 35.5 Å². The second-order valence-corrected chi connectivity index (χ2v) is 20.3. The van der Waals surface area contributed by atoms with Crippen molar-refractivity contribution in [1.82, 2.24) is 0 Å². The number of unbranched alkanes of at least 4 members (excludes halogenated alkanes) is 10. The number of ether oxygens (including phenoxy) is 1. The third-order valence-electron chi connectivity index (χ3n) is 16.4. The Balaban J connectivity index is 1.06. The molecule has 4 saturated carbocycles. The molecule has 1 nitrogen and oxygen atoms in total. The van der Waals surface area contributed by atoms with Crippen molar-refractivity contribution in [2.75, 3.05) is 0 Å². The average molecular weight is 823 g/mol. The zero-order valence-electron chi connectivity index (χ0n) is 37.4. The molecule has 0 spiro atoms. The lowest BCUT2D eigenvalue weighted by Crippen LogP contribution is -2.31. The Morgan fingerprint density at radius 1 is 0.407 bits per heavy atom. The van der Waals surface area contributed by atoms with Crippen LogP contribution in [0.25, 0.3) is 0 Å². The Bertz CT molecular complexity index is 1350. The van der Waals surface area contributed by atoms with Crippen molar-refractivity contribution >= 4 is 0 Å². The first kappa shape index (κ1) is 46.6. The molecule has 0 saturated heterocycles. The fourth-order valence-electron chi connectivity index (χ4n) is 12.6. The van der Waals surface area contributed by atoms with Gasteiger partial charge < -0.3 is 4.74 Å². The van der Waals surface area contributed by atoms with E-state index >= 15 is 0 Å². The summed E-state index contributed by atoms with van der Waals surface area (Å²) >= 11 is 0. The van der Waals surface area contributed by atoms with Crippen LogP contribution in [0.2, 0.25) is 0 Å². The van der Waals surface area contributed by atoms with Crippen LogP contribution in [-0.4, -0.2) is 0 Å². The number of hydrogen-bond donors (Lipinski definition) is 0. The normalized spacial score (nSPS) is 29.0. The zero-order valence-corrected chi connectivity index (χ0v) is 37.4. The van der Waals surface area contributed by atoms with Gasteiger partial charge in [0.25, 0.3) is 0 Å². The Kier molecular flexibility index (Phi) is 19.5. The van der Waals surface area contributed by atoms with Crippen molar-refractivity contribution in [2.24, 2.45) is 47.3 Å². The van der Waals surface area contributed by atoms with Crippen LogP contribution in [0.4, 0.5) is 17.6 Å². The van der Waals surface area contributed by atoms with Gasteiger partial charge in [0.2, 0.25) is 0 Å². The maximum absolute atomic E-state index is 14.9. The van der Waals surface area contributed by atoms with Gasteiger partial charge in [-0.25, -0.2) is 17.6 Å². The maximum Gasteiger partial charge on any atom is 0.159 e. The third-order valence-corrected chi connectivity index (χ3v) is 16.4. The van der Waals surface area contributed by atoms with Crippen molar-refractivity contribution in [3.05, 3.63) is 70.8 Å². The first-order valence-electron chi connectivity index (χ1n) is 25.4. The van der Waals surface area contributed by atoms with E-state index in [4.69, 9.17) is 4.74 Å². The fourth-order valence-corrected chi connectivity index (χ4v) is 12.6. The molecule has 0 amide bonds. The van der Waals surface area contributed by atoms with Gasteiger partial charge in [0.1, 0.15) is 0 Å². The molecule has 0 aromatic heterocycles. The standard InChI is InChI=1S/C54H82F4O/c1-3-5-7-9-11-13-15-39-17-21-41(22-18-39)43-25-29-45(30-26-43)53(47-33-35-49(55)51(57)37-47)59-54(48-34-36-50(56)52(58)38-48)46-31-27-44(28-32-46)42-23-19-40(20-24-42)16-14-12-10-8-6-4-2/h33-46,53-54H,3-32H2,1-2H3/t39-,40-,41-,42-,43-,44-,45-,46-,53?,54?. The second kappa shape index (κ2) is 24.7. The highest BCUT2D eigenvalue weighted by Crippen LogP contribution is 2.50. The molecule has 2 aromatic rings. The largest absolute Gasteiger partial charge is 0.365 e. The smallest absolute Gasteiger partial charge is 0.159 e. The number of benzene rings is 2. The molecule has 4 fully saturated rings. The molecule has 0 bridgehead atoms. The highest BCUT2D eigenvalue weighted by Gasteiger charge is 2.39. The predicted octanol–water partition coefficient (Wildman–Crippen LogP) is 17.8. The van der Waals surface area contributed by atoms with Crippen molar-refractivity contribution < 1.29 is 22.3 Å². The molecule has 4 aliphatic carbocycles. The van der Waals surface area contributed by atoms with Crippen molar-refractivity contribution in [3.8, 4) is 0 Å². The molecule has 0 aliphatic heterocycles. The molecule has 2 aromatic carbocycles. The van der Waals surface area contributed by atoms with Gasteiger partial charge in [-0.05, 0) is 160 Å². The number of halogens is 4. The van der Waals surface area contributed by atoms with E-state index in [9.17, 15) is 17.6 Å². The van der Waals surface area contributed by atoms with Gasteiger partial charge in [-0.2, -0.15) is 0 Å². The lowest BCUT2D eigenvalue weighted by molar-refractivity contribution is -0.0937. The molecule has 4 aliphatic rings. The molecule has 0 heterocycles. The zero-order chi connectivity index (χ0) is 41.4. The topological polar surface area (TPSA) is 9.23 Å². The molecule has 0 radical (unpaired) electrons. The van der Waals surface area contributed by atoms with Gasteiger partial charge in [-0.15, -0.1) is 0 Å². The van der Waals surface area contributed by atoms with Crippen molar-refractivity contribution in [3.63, 3.8) is 0 Å². The van der Waals surface area contributed by atoms with Crippen LogP contribution < -0.4 is 0 Å². The van der Waals surface area contributed by atoms with Crippen LogP contribution in [0.5, 0.6) is 0 Å².